The minimum Gasteiger partial charge on any atom is -0.493 e. The van der Waals surface area contributed by atoms with Crippen molar-refractivity contribution in [2.75, 3.05) is 36.2 Å². The first-order valence-electron chi connectivity index (χ1n) is 9.82. The Hall–Kier alpha value is -1.65. The molecule has 0 N–H and O–H groups in total. The highest BCUT2D eigenvalue weighted by Crippen LogP contribution is 2.31. The van der Waals surface area contributed by atoms with Gasteiger partial charge in [0.1, 0.15) is 17.9 Å². The summed E-state index contributed by atoms with van der Waals surface area (Å²) in [5.74, 6) is 3.62. The lowest BCUT2D eigenvalue weighted by atomic mass is 10.0. The van der Waals surface area contributed by atoms with Crippen molar-refractivity contribution >= 4 is 52.7 Å². The molecule has 1 aromatic heterocycles. The van der Waals surface area contributed by atoms with Gasteiger partial charge in [0, 0.05) is 45.6 Å². The number of rotatable bonds is 12. The van der Waals surface area contributed by atoms with Gasteiger partial charge in [-0.25, -0.2) is 4.79 Å². The number of hydrogen-bond acceptors (Lipinski definition) is 7. The normalized spacial score (nSPS) is 11.5. The predicted molar refractivity (Wildman–Crippen MR) is 127 cm³/mol. The van der Waals surface area contributed by atoms with E-state index in [1.165, 1.54) is 0 Å². The maximum Gasteiger partial charge on any atom is 0.393 e. The second kappa shape index (κ2) is 12.6. The van der Waals surface area contributed by atoms with Crippen molar-refractivity contribution in [3.05, 3.63) is 46.2 Å². The fourth-order valence-electron chi connectivity index (χ4n) is 2.73. The van der Waals surface area contributed by atoms with E-state index in [0.29, 0.717) is 41.1 Å². The number of carbonyl (C=O) groups is 1. The first-order valence-corrected chi connectivity index (χ1v) is 12.5. The summed E-state index contributed by atoms with van der Waals surface area (Å²) >= 11 is 8.49. The molecule has 1 heterocycles. The Balaban J connectivity index is 1.74. The third-order valence-corrected chi connectivity index (χ3v) is 6.80. The number of alkyl halides is 3. The molecular weight excluding hydrogens is 481 g/mol. The van der Waals surface area contributed by atoms with Gasteiger partial charge in [-0.3, -0.25) is 0 Å². The lowest BCUT2D eigenvalue weighted by Gasteiger charge is -2.12. The molecule has 0 saturated carbocycles. The molecule has 0 aliphatic carbocycles. The van der Waals surface area contributed by atoms with Gasteiger partial charge < -0.3 is 13.9 Å². The Morgan fingerprint density at radius 2 is 1.81 bits per heavy atom. The molecule has 32 heavy (non-hydrogen) atoms. The van der Waals surface area contributed by atoms with E-state index < -0.39 is 12.6 Å². The van der Waals surface area contributed by atoms with Gasteiger partial charge in [-0.05, 0) is 43.8 Å². The third kappa shape index (κ3) is 8.71. The van der Waals surface area contributed by atoms with Crippen molar-refractivity contribution in [1.29, 1.82) is 0 Å². The van der Waals surface area contributed by atoms with E-state index in [1.54, 1.807) is 55.6 Å². The van der Waals surface area contributed by atoms with Gasteiger partial charge in [-0.1, -0.05) is 6.58 Å². The summed E-state index contributed by atoms with van der Waals surface area (Å²) in [6.45, 7) is 7.63. The van der Waals surface area contributed by atoms with Gasteiger partial charge in [0.2, 0.25) is 0 Å². The van der Waals surface area contributed by atoms with E-state index in [2.05, 4.69) is 6.58 Å². The number of carbonyl (C=O) groups excluding carboxylic acids is 1. The van der Waals surface area contributed by atoms with Crippen molar-refractivity contribution in [2.24, 2.45) is 0 Å². The molecule has 0 fully saturated rings. The highest BCUT2D eigenvalue weighted by molar-refractivity contribution is 8.02. The minimum absolute atomic E-state index is 0.00285. The van der Waals surface area contributed by atoms with Crippen molar-refractivity contribution in [3.63, 3.8) is 0 Å². The van der Waals surface area contributed by atoms with Gasteiger partial charge >= 0.3 is 12.1 Å². The van der Waals surface area contributed by atoms with Crippen LogP contribution in [0.5, 0.6) is 5.75 Å². The van der Waals surface area contributed by atoms with Gasteiger partial charge in [0.25, 0.3) is 0 Å². The highest BCUT2D eigenvalue weighted by atomic mass is 32.2. The summed E-state index contributed by atoms with van der Waals surface area (Å²) in [6.07, 6.45) is -5.46. The molecule has 0 bridgehead atoms. The number of thioether (sulfide) groups is 2. The van der Waals surface area contributed by atoms with E-state index in [1.807, 2.05) is 0 Å². The summed E-state index contributed by atoms with van der Waals surface area (Å²) in [6, 6.07) is 5.07. The molecule has 176 valence electrons. The quantitative estimate of drug-likeness (QED) is 0.140. The van der Waals surface area contributed by atoms with Crippen molar-refractivity contribution in [3.8, 4) is 5.75 Å². The van der Waals surface area contributed by atoms with Crippen LogP contribution >= 0.6 is 35.7 Å². The van der Waals surface area contributed by atoms with Crippen LogP contribution in [0.4, 0.5) is 13.2 Å². The summed E-state index contributed by atoms with van der Waals surface area (Å²) < 4.78 is 54.5. The number of esters is 1. The van der Waals surface area contributed by atoms with Crippen LogP contribution in [0.3, 0.4) is 0 Å². The molecule has 0 atom stereocenters. The first kappa shape index (κ1) is 26.6. The van der Waals surface area contributed by atoms with Crippen LogP contribution < -0.4 is 4.74 Å². The highest BCUT2D eigenvalue weighted by Gasteiger charge is 2.30. The number of aryl methyl sites for hydroxylation is 1. The maximum atomic E-state index is 12.8. The zero-order chi connectivity index (χ0) is 23.7. The van der Waals surface area contributed by atoms with Crippen LogP contribution in [0, 0.1) is 11.6 Å². The Morgan fingerprint density at radius 3 is 2.44 bits per heavy atom. The van der Waals surface area contributed by atoms with Crippen LogP contribution in [0.15, 0.2) is 34.8 Å². The number of halogens is 3. The van der Waals surface area contributed by atoms with Crippen LogP contribution in [0.2, 0.25) is 0 Å². The van der Waals surface area contributed by atoms with Gasteiger partial charge in [0.15, 0.2) is 4.71 Å². The van der Waals surface area contributed by atoms with E-state index in [9.17, 15) is 18.0 Å². The van der Waals surface area contributed by atoms with E-state index >= 15 is 0 Å². The Labute approximate surface area is 198 Å². The van der Waals surface area contributed by atoms with Crippen LogP contribution in [0.1, 0.15) is 18.1 Å². The molecule has 2 rings (SSSR count). The molecule has 1 aromatic carbocycles. The predicted octanol–water partition coefficient (Wildman–Crippen LogP) is 6.54. The molecule has 0 aliphatic rings. The molecule has 0 saturated heterocycles. The molecule has 0 spiro atoms. The summed E-state index contributed by atoms with van der Waals surface area (Å²) in [5, 5.41) is 0.588. The second-order valence-corrected chi connectivity index (χ2v) is 9.75. The Morgan fingerprint density at radius 1 is 1.16 bits per heavy atom. The fourth-order valence-corrected chi connectivity index (χ4v) is 4.79. The van der Waals surface area contributed by atoms with Gasteiger partial charge in [0.05, 0.1) is 13.0 Å². The van der Waals surface area contributed by atoms with Crippen molar-refractivity contribution in [2.45, 2.75) is 26.4 Å². The summed E-state index contributed by atoms with van der Waals surface area (Å²) in [4.78, 5) is 11.2. The SMILES string of the molecule is C=C(C)C(=O)OCCSCCSCCOc1ccc2c(C)c(CC(F)(F)F)c(=S)oc2c1. The summed E-state index contributed by atoms with van der Waals surface area (Å²) in [7, 11) is 0. The number of hydrogen-bond donors (Lipinski definition) is 0. The van der Waals surface area contributed by atoms with E-state index in [-0.39, 0.29) is 16.2 Å². The summed E-state index contributed by atoms with van der Waals surface area (Å²) in [5.41, 5.74) is 1.28. The zero-order valence-electron chi connectivity index (χ0n) is 17.9. The molecule has 0 amide bonds. The first-order chi connectivity index (χ1) is 15.1. The topological polar surface area (TPSA) is 48.7 Å². The number of fused-ring (bicyclic) bond motifs is 1. The fraction of sp³-hybridized carbons (Fsp3) is 0.455. The smallest absolute Gasteiger partial charge is 0.393 e. The number of ether oxygens (including phenoxy) is 2. The molecule has 2 aromatic rings. The zero-order valence-corrected chi connectivity index (χ0v) is 20.3. The molecule has 0 unspecified atom stereocenters. The maximum absolute atomic E-state index is 12.8. The second-order valence-electron chi connectivity index (χ2n) is 6.93. The molecule has 10 heteroatoms. The van der Waals surface area contributed by atoms with Crippen molar-refractivity contribution < 1.29 is 31.9 Å². The minimum atomic E-state index is -4.35. The standard InChI is InChI=1S/C22H25F3O4S3/c1-14(2)20(26)28-7-9-32-11-10-31-8-6-27-16-4-5-17-15(3)18(13-22(23,24)25)21(30)29-19(17)12-16/h4-5,12H,1,6-11,13H2,2-3H3. The average Bonchev–Trinajstić information content (AvgIpc) is 2.71. The van der Waals surface area contributed by atoms with Gasteiger partial charge in [-0.2, -0.15) is 36.7 Å². The van der Waals surface area contributed by atoms with E-state index in [4.69, 9.17) is 26.1 Å². The van der Waals surface area contributed by atoms with E-state index in [0.717, 1.165) is 23.0 Å². The largest absolute Gasteiger partial charge is 0.493 e. The average molecular weight is 507 g/mol. The number of benzene rings is 1. The Bertz CT molecular complexity index is 1000. The molecule has 4 nitrogen and oxygen atoms in total. The third-order valence-electron chi connectivity index (χ3n) is 4.31. The Kier molecular flexibility index (Phi) is 10.4. The van der Waals surface area contributed by atoms with Crippen LogP contribution in [-0.2, 0) is 16.0 Å². The lowest BCUT2D eigenvalue weighted by Crippen LogP contribution is -2.13. The van der Waals surface area contributed by atoms with Crippen molar-refractivity contribution in [1.82, 2.24) is 0 Å². The lowest BCUT2D eigenvalue weighted by molar-refractivity contribution is -0.138. The molecule has 0 aliphatic heterocycles. The van der Waals surface area contributed by atoms with Gasteiger partial charge in [-0.15, -0.1) is 0 Å². The monoisotopic (exact) mass is 506 g/mol. The van der Waals surface area contributed by atoms with Crippen LogP contribution in [0.25, 0.3) is 11.0 Å². The molecular formula is C22H25F3O4S3. The van der Waals surface area contributed by atoms with Crippen LogP contribution in [-0.4, -0.2) is 48.4 Å². The molecule has 0 radical (unpaired) electrons.